The fourth-order valence-electron chi connectivity index (χ4n) is 1.54. The highest BCUT2D eigenvalue weighted by Gasteiger charge is 2.13. The molecule has 2 rings (SSSR count). The van der Waals surface area contributed by atoms with Gasteiger partial charge in [-0.2, -0.15) is 0 Å². The van der Waals surface area contributed by atoms with E-state index in [0.29, 0.717) is 17.4 Å². The SMILES string of the molecule is CCOc1cccnc1Sc1cc(C(=O)O)ccc1F. The second kappa shape index (κ2) is 6.38. The zero-order valence-electron chi connectivity index (χ0n) is 10.7. The Kier molecular flexibility index (Phi) is 4.57. The molecule has 1 aromatic carbocycles. The van der Waals surface area contributed by atoms with Crippen LogP contribution in [-0.2, 0) is 0 Å². The van der Waals surface area contributed by atoms with Gasteiger partial charge in [-0.15, -0.1) is 0 Å². The summed E-state index contributed by atoms with van der Waals surface area (Å²) in [5.74, 6) is -1.05. The van der Waals surface area contributed by atoms with Gasteiger partial charge in [-0.25, -0.2) is 14.2 Å². The molecule has 0 saturated carbocycles. The van der Waals surface area contributed by atoms with E-state index in [2.05, 4.69) is 4.98 Å². The summed E-state index contributed by atoms with van der Waals surface area (Å²) in [7, 11) is 0. The van der Waals surface area contributed by atoms with Crippen molar-refractivity contribution in [3.05, 3.63) is 47.9 Å². The highest BCUT2D eigenvalue weighted by Crippen LogP contribution is 2.34. The number of carbonyl (C=O) groups is 1. The highest BCUT2D eigenvalue weighted by atomic mass is 32.2. The van der Waals surface area contributed by atoms with Crippen LogP contribution in [0.25, 0.3) is 0 Å². The van der Waals surface area contributed by atoms with E-state index in [1.54, 1.807) is 18.3 Å². The third-order valence-electron chi connectivity index (χ3n) is 2.42. The Hall–Kier alpha value is -2.08. The Labute approximate surface area is 119 Å². The van der Waals surface area contributed by atoms with E-state index in [1.165, 1.54) is 12.1 Å². The first kappa shape index (κ1) is 14.3. The number of benzene rings is 1. The minimum absolute atomic E-state index is 0.0304. The molecule has 0 aliphatic rings. The largest absolute Gasteiger partial charge is 0.491 e. The summed E-state index contributed by atoms with van der Waals surface area (Å²) in [5, 5.41) is 9.43. The number of nitrogens with zero attached hydrogens (tertiary/aromatic N) is 1. The van der Waals surface area contributed by atoms with E-state index in [0.717, 1.165) is 17.8 Å². The standard InChI is InChI=1S/C14H12FNO3S/c1-2-19-11-4-3-7-16-13(11)20-12-8-9(14(17)18)5-6-10(12)15/h3-8H,2H2,1H3,(H,17,18). The Bertz CT molecular complexity index is 634. The van der Waals surface area contributed by atoms with Crippen molar-refractivity contribution in [1.82, 2.24) is 4.98 Å². The minimum Gasteiger partial charge on any atom is -0.491 e. The van der Waals surface area contributed by atoms with E-state index in [9.17, 15) is 9.18 Å². The molecule has 6 heteroatoms. The highest BCUT2D eigenvalue weighted by molar-refractivity contribution is 7.99. The molecule has 0 aliphatic heterocycles. The zero-order chi connectivity index (χ0) is 14.5. The first-order chi connectivity index (χ1) is 9.61. The van der Waals surface area contributed by atoms with Crippen LogP contribution in [0.3, 0.4) is 0 Å². The smallest absolute Gasteiger partial charge is 0.335 e. The number of carboxylic acid groups (broad SMARTS) is 1. The minimum atomic E-state index is -1.10. The summed E-state index contributed by atoms with van der Waals surface area (Å²) in [4.78, 5) is 15.2. The van der Waals surface area contributed by atoms with E-state index in [-0.39, 0.29) is 10.5 Å². The van der Waals surface area contributed by atoms with E-state index >= 15 is 0 Å². The van der Waals surface area contributed by atoms with Crippen LogP contribution in [0, 0.1) is 5.82 Å². The molecular formula is C14H12FNO3S. The first-order valence-corrected chi connectivity index (χ1v) is 6.72. The van der Waals surface area contributed by atoms with Crippen LogP contribution < -0.4 is 4.74 Å². The third kappa shape index (κ3) is 3.27. The van der Waals surface area contributed by atoms with Crippen LogP contribution in [0.4, 0.5) is 4.39 Å². The van der Waals surface area contributed by atoms with Crippen molar-refractivity contribution in [3.8, 4) is 5.75 Å². The summed E-state index contributed by atoms with van der Waals surface area (Å²) in [6, 6.07) is 7.10. The number of hydrogen-bond donors (Lipinski definition) is 1. The third-order valence-corrected chi connectivity index (χ3v) is 3.45. The summed E-state index contributed by atoms with van der Waals surface area (Å²) < 4.78 is 19.2. The van der Waals surface area contributed by atoms with Crippen LogP contribution in [0.5, 0.6) is 5.75 Å². The van der Waals surface area contributed by atoms with Crippen molar-refractivity contribution >= 4 is 17.7 Å². The second-order valence-electron chi connectivity index (χ2n) is 3.79. The molecule has 2 aromatic rings. The lowest BCUT2D eigenvalue weighted by atomic mass is 10.2. The lowest BCUT2D eigenvalue weighted by Crippen LogP contribution is -1.98. The number of pyridine rings is 1. The molecule has 1 heterocycles. The fourth-order valence-corrected chi connectivity index (χ4v) is 2.44. The Morgan fingerprint density at radius 3 is 2.95 bits per heavy atom. The fraction of sp³-hybridized carbons (Fsp3) is 0.143. The van der Waals surface area contributed by atoms with Gasteiger partial charge in [0.2, 0.25) is 0 Å². The quantitative estimate of drug-likeness (QED) is 0.914. The maximum Gasteiger partial charge on any atom is 0.335 e. The lowest BCUT2D eigenvalue weighted by molar-refractivity contribution is 0.0696. The van der Waals surface area contributed by atoms with Crippen LogP contribution in [-0.4, -0.2) is 22.7 Å². The molecule has 0 aliphatic carbocycles. The van der Waals surface area contributed by atoms with Gasteiger partial charge in [0.05, 0.1) is 17.1 Å². The summed E-state index contributed by atoms with van der Waals surface area (Å²) in [5.41, 5.74) is 0.0304. The molecule has 104 valence electrons. The van der Waals surface area contributed by atoms with E-state index in [4.69, 9.17) is 9.84 Å². The Balaban J connectivity index is 2.34. The molecule has 20 heavy (non-hydrogen) atoms. The molecule has 1 aromatic heterocycles. The van der Waals surface area contributed by atoms with Gasteiger partial charge in [-0.1, -0.05) is 11.8 Å². The van der Waals surface area contributed by atoms with Crippen molar-refractivity contribution in [1.29, 1.82) is 0 Å². The summed E-state index contributed by atoms with van der Waals surface area (Å²) >= 11 is 1.04. The number of hydrogen-bond acceptors (Lipinski definition) is 4. The number of rotatable bonds is 5. The molecule has 0 unspecified atom stereocenters. The Morgan fingerprint density at radius 1 is 1.45 bits per heavy atom. The molecular weight excluding hydrogens is 281 g/mol. The van der Waals surface area contributed by atoms with Crippen molar-refractivity contribution in [3.63, 3.8) is 0 Å². The number of ether oxygens (including phenoxy) is 1. The number of aromatic nitrogens is 1. The van der Waals surface area contributed by atoms with Crippen molar-refractivity contribution in [2.24, 2.45) is 0 Å². The normalized spacial score (nSPS) is 10.3. The summed E-state index contributed by atoms with van der Waals surface area (Å²) in [6.07, 6.45) is 1.57. The Morgan fingerprint density at radius 2 is 2.25 bits per heavy atom. The van der Waals surface area contributed by atoms with Crippen LogP contribution in [0.15, 0.2) is 46.5 Å². The maximum atomic E-state index is 13.8. The van der Waals surface area contributed by atoms with Crippen LogP contribution >= 0.6 is 11.8 Å². The van der Waals surface area contributed by atoms with Gasteiger partial charge < -0.3 is 9.84 Å². The molecule has 0 amide bonds. The molecule has 4 nitrogen and oxygen atoms in total. The first-order valence-electron chi connectivity index (χ1n) is 5.90. The number of halogens is 1. The van der Waals surface area contributed by atoms with Gasteiger partial charge >= 0.3 is 5.97 Å². The van der Waals surface area contributed by atoms with E-state index in [1.807, 2.05) is 6.92 Å². The predicted molar refractivity (Wildman–Crippen MR) is 72.9 cm³/mol. The van der Waals surface area contributed by atoms with Gasteiger partial charge in [0.25, 0.3) is 0 Å². The molecule has 0 radical (unpaired) electrons. The van der Waals surface area contributed by atoms with Crippen LogP contribution in [0.2, 0.25) is 0 Å². The number of carboxylic acids is 1. The van der Waals surface area contributed by atoms with Gasteiger partial charge in [0.15, 0.2) is 5.75 Å². The monoisotopic (exact) mass is 293 g/mol. The van der Waals surface area contributed by atoms with Gasteiger partial charge in [0.1, 0.15) is 10.8 Å². The van der Waals surface area contributed by atoms with E-state index < -0.39 is 11.8 Å². The van der Waals surface area contributed by atoms with Gasteiger partial charge in [-0.05, 0) is 37.3 Å². The zero-order valence-corrected chi connectivity index (χ0v) is 11.5. The molecule has 0 spiro atoms. The number of aromatic carboxylic acids is 1. The molecule has 0 fully saturated rings. The maximum absolute atomic E-state index is 13.8. The topological polar surface area (TPSA) is 59.4 Å². The predicted octanol–water partition coefficient (Wildman–Crippen LogP) is 3.47. The van der Waals surface area contributed by atoms with Gasteiger partial charge in [0, 0.05) is 6.20 Å². The second-order valence-corrected chi connectivity index (χ2v) is 4.82. The molecule has 1 N–H and O–H groups in total. The molecule has 0 saturated heterocycles. The average Bonchev–Trinajstić information content (AvgIpc) is 2.43. The van der Waals surface area contributed by atoms with Crippen LogP contribution in [0.1, 0.15) is 17.3 Å². The lowest BCUT2D eigenvalue weighted by Gasteiger charge is -2.09. The summed E-state index contributed by atoms with van der Waals surface area (Å²) in [6.45, 7) is 2.31. The molecule has 0 atom stereocenters. The van der Waals surface area contributed by atoms with Crippen molar-refractivity contribution in [2.45, 2.75) is 16.8 Å². The average molecular weight is 293 g/mol. The molecule has 0 bridgehead atoms. The van der Waals surface area contributed by atoms with Crippen molar-refractivity contribution < 1.29 is 19.0 Å². The van der Waals surface area contributed by atoms with Gasteiger partial charge in [-0.3, -0.25) is 0 Å². The van der Waals surface area contributed by atoms with Crippen molar-refractivity contribution in [2.75, 3.05) is 6.61 Å².